The number of benzene rings is 2. The number of piperidine rings is 1. The number of rotatable bonds is 24. The standard InChI is InChI=1S/C41H65N3O5/c1-6-10-28-44(29-11-7-2,30-12-8-3)37(17-9-4)40(49-32-38(45)46)41(47)42-25-27-43-26-16-20-35(31-43)39(33-18-14-13-15-19-33)34-21-23-36(48-5)24-22-34/h13-15,18-19,21-24,35,37,39-40H,6-12,16-17,20,25-32H2,1-5H3,(H-,42,45,46,47)/p+1. The number of aliphatic carboxylic acids is 1. The molecule has 0 spiro atoms. The fourth-order valence-electron chi connectivity index (χ4n) is 8.00. The quantitative estimate of drug-likeness (QED) is 0.112. The molecule has 0 aromatic heterocycles. The van der Waals surface area contributed by atoms with Crippen molar-refractivity contribution < 1.29 is 28.7 Å². The van der Waals surface area contributed by atoms with Gasteiger partial charge in [0.1, 0.15) is 18.4 Å². The summed E-state index contributed by atoms with van der Waals surface area (Å²) >= 11 is 0. The molecule has 0 aliphatic carbocycles. The normalized spacial score (nSPS) is 17.3. The predicted octanol–water partition coefficient (Wildman–Crippen LogP) is 7.51. The van der Waals surface area contributed by atoms with Gasteiger partial charge in [0.15, 0.2) is 6.10 Å². The largest absolute Gasteiger partial charge is 0.497 e. The molecule has 2 aromatic carbocycles. The minimum atomic E-state index is -1.04. The SMILES string of the molecule is CCCC[N+](CCCC)(CCCC)C(CCC)C(OCC(=O)O)C(=O)NCCN1CCCC(C(c2ccccc2)c2ccc(OC)cc2)C1. The van der Waals surface area contributed by atoms with E-state index in [0.717, 1.165) is 114 Å². The molecule has 0 radical (unpaired) electrons. The van der Waals surface area contributed by atoms with Gasteiger partial charge in [-0.2, -0.15) is 0 Å². The highest BCUT2D eigenvalue weighted by Crippen LogP contribution is 2.37. The molecule has 3 rings (SSSR count). The van der Waals surface area contributed by atoms with E-state index in [0.29, 0.717) is 12.5 Å². The van der Waals surface area contributed by atoms with Crippen LogP contribution in [0, 0.1) is 5.92 Å². The van der Waals surface area contributed by atoms with Gasteiger partial charge in [-0.05, 0) is 67.8 Å². The number of hydrogen-bond acceptors (Lipinski definition) is 5. The highest BCUT2D eigenvalue weighted by molar-refractivity contribution is 5.82. The second-order valence-corrected chi connectivity index (χ2v) is 14.1. The van der Waals surface area contributed by atoms with Crippen LogP contribution in [0.3, 0.4) is 0 Å². The number of nitrogens with zero attached hydrogens (tertiary/aromatic N) is 2. The smallest absolute Gasteiger partial charge is 0.329 e. The van der Waals surface area contributed by atoms with Gasteiger partial charge in [-0.1, -0.05) is 95.8 Å². The molecule has 49 heavy (non-hydrogen) atoms. The van der Waals surface area contributed by atoms with Crippen molar-refractivity contribution in [2.24, 2.45) is 5.92 Å². The van der Waals surface area contributed by atoms with E-state index in [-0.39, 0.29) is 17.9 Å². The van der Waals surface area contributed by atoms with E-state index in [1.165, 1.54) is 11.1 Å². The van der Waals surface area contributed by atoms with Gasteiger partial charge in [0.2, 0.25) is 0 Å². The van der Waals surface area contributed by atoms with Gasteiger partial charge < -0.3 is 29.3 Å². The minimum Gasteiger partial charge on any atom is -0.497 e. The number of likely N-dealkylation sites (tertiary alicyclic amines) is 1. The minimum absolute atomic E-state index is 0.0792. The number of carbonyl (C=O) groups is 2. The Morgan fingerprint density at radius 1 is 0.898 bits per heavy atom. The van der Waals surface area contributed by atoms with Crippen molar-refractivity contribution in [1.29, 1.82) is 0 Å². The summed E-state index contributed by atoms with van der Waals surface area (Å²) in [4.78, 5) is 28.3. The van der Waals surface area contributed by atoms with Crippen molar-refractivity contribution in [3.63, 3.8) is 0 Å². The van der Waals surface area contributed by atoms with E-state index in [2.05, 4.69) is 92.5 Å². The van der Waals surface area contributed by atoms with Gasteiger partial charge in [0, 0.05) is 32.0 Å². The van der Waals surface area contributed by atoms with Gasteiger partial charge >= 0.3 is 5.97 Å². The van der Waals surface area contributed by atoms with Crippen molar-refractivity contribution in [1.82, 2.24) is 10.2 Å². The van der Waals surface area contributed by atoms with Gasteiger partial charge in [-0.15, -0.1) is 0 Å². The molecular formula is C41H66N3O5+. The second kappa shape index (κ2) is 22.0. The highest BCUT2D eigenvalue weighted by Gasteiger charge is 2.44. The Morgan fingerprint density at radius 2 is 1.51 bits per heavy atom. The van der Waals surface area contributed by atoms with Crippen LogP contribution in [0.1, 0.15) is 109 Å². The van der Waals surface area contributed by atoms with Crippen LogP contribution in [-0.2, 0) is 14.3 Å². The Hall–Kier alpha value is -2.94. The monoisotopic (exact) mass is 680 g/mol. The van der Waals surface area contributed by atoms with Crippen LogP contribution in [-0.4, -0.2) is 98.0 Å². The number of quaternary nitrogens is 1. The lowest BCUT2D eigenvalue weighted by atomic mass is 9.77. The summed E-state index contributed by atoms with van der Waals surface area (Å²) in [7, 11) is 1.70. The van der Waals surface area contributed by atoms with E-state index in [9.17, 15) is 14.7 Å². The fraction of sp³-hybridized carbons (Fsp3) is 0.659. The molecule has 1 saturated heterocycles. The number of hydrogen-bond donors (Lipinski definition) is 2. The molecule has 8 heteroatoms. The van der Waals surface area contributed by atoms with Crippen molar-refractivity contribution in [2.75, 3.05) is 59.5 Å². The number of nitrogens with one attached hydrogen (secondary N) is 1. The lowest BCUT2D eigenvalue weighted by Crippen LogP contribution is -2.64. The first-order valence-electron chi connectivity index (χ1n) is 19.2. The zero-order valence-electron chi connectivity index (χ0n) is 31.2. The second-order valence-electron chi connectivity index (χ2n) is 14.1. The molecule has 1 heterocycles. The Balaban J connectivity index is 1.78. The third-order valence-electron chi connectivity index (χ3n) is 10.5. The Kier molecular flexibility index (Phi) is 18.2. The summed E-state index contributed by atoms with van der Waals surface area (Å²) in [6.45, 7) is 14.5. The molecule has 4 unspecified atom stereocenters. The van der Waals surface area contributed by atoms with Crippen LogP contribution in [0.15, 0.2) is 54.6 Å². The van der Waals surface area contributed by atoms with E-state index < -0.39 is 18.7 Å². The van der Waals surface area contributed by atoms with Gasteiger partial charge in [0.25, 0.3) is 5.91 Å². The molecule has 1 aliphatic rings. The van der Waals surface area contributed by atoms with Crippen LogP contribution >= 0.6 is 0 Å². The third-order valence-corrected chi connectivity index (χ3v) is 10.5. The Bertz CT molecular complexity index is 1190. The summed E-state index contributed by atoms with van der Waals surface area (Å²) in [6.07, 6.45) is 9.70. The molecule has 0 saturated carbocycles. The van der Waals surface area contributed by atoms with Crippen molar-refractivity contribution in [3.8, 4) is 5.75 Å². The van der Waals surface area contributed by atoms with Crippen LogP contribution < -0.4 is 10.1 Å². The molecule has 1 fully saturated rings. The summed E-state index contributed by atoms with van der Waals surface area (Å²) < 4.78 is 12.4. The lowest BCUT2D eigenvalue weighted by Gasteiger charge is -2.48. The van der Waals surface area contributed by atoms with E-state index in [1.54, 1.807) is 7.11 Å². The van der Waals surface area contributed by atoms with E-state index in [1.807, 2.05) is 0 Å². The molecule has 1 amide bonds. The summed E-state index contributed by atoms with van der Waals surface area (Å²) in [5.74, 6) is 0.370. The van der Waals surface area contributed by atoms with Crippen molar-refractivity contribution >= 4 is 11.9 Å². The number of carbonyl (C=O) groups excluding carboxylic acids is 1. The van der Waals surface area contributed by atoms with Crippen LogP contribution in [0.5, 0.6) is 5.75 Å². The lowest BCUT2D eigenvalue weighted by molar-refractivity contribution is -0.954. The average Bonchev–Trinajstić information content (AvgIpc) is 3.12. The van der Waals surface area contributed by atoms with Crippen LogP contribution in [0.25, 0.3) is 0 Å². The zero-order valence-corrected chi connectivity index (χ0v) is 31.2. The first-order chi connectivity index (χ1) is 23.8. The number of ether oxygens (including phenoxy) is 2. The molecule has 4 atom stereocenters. The third kappa shape index (κ3) is 12.4. The van der Waals surface area contributed by atoms with Crippen molar-refractivity contribution in [3.05, 3.63) is 65.7 Å². The Morgan fingerprint density at radius 3 is 2.06 bits per heavy atom. The highest BCUT2D eigenvalue weighted by atomic mass is 16.5. The maximum absolute atomic E-state index is 14.1. The average molecular weight is 681 g/mol. The molecular weight excluding hydrogens is 614 g/mol. The van der Waals surface area contributed by atoms with E-state index >= 15 is 0 Å². The molecule has 2 aromatic rings. The molecule has 2 N–H and O–H groups in total. The molecule has 1 aliphatic heterocycles. The molecule has 0 bridgehead atoms. The predicted molar refractivity (Wildman–Crippen MR) is 199 cm³/mol. The first kappa shape index (κ1) is 40.5. The summed E-state index contributed by atoms with van der Waals surface area (Å²) in [5.41, 5.74) is 2.62. The number of unbranched alkanes of at least 4 members (excludes halogenated alkanes) is 3. The molecule has 274 valence electrons. The summed E-state index contributed by atoms with van der Waals surface area (Å²) in [5, 5.41) is 12.8. The fourth-order valence-corrected chi connectivity index (χ4v) is 8.00. The summed E-state index contributed by atoms with van der Waals surface area (Å²) in [6, 6.07) is 19.2. The number of carboxylic acid groups (broad SMARTS) is 1. The van der Waals surface area contributed by atoms with Crippen LogP contribution in [0.2, 0.25) is 0 Å². The van der Waals surface area contributed by atoms with E-state index in [4.69, 9.17) is 9.47 Å². The number of carboxylic acids is 1. The maximum atomic E-state index is 14.1. The topological polar surface area (TPSA) is 88.1 Å². The maximum Gasteiger partial charge on any atom is 0.329 e. The Labute approximate surface area is 297 Å². The molecule has 8 nitrogen and oxygen atoms in total. The van der Waals surface area contributed by atoms with Gasteiger partial charge in [0.05, 0.1) is 26.7 Å². The van der Waals surface area contributed by atoms with Gasteiger partial charge in [-0.25, -0.2) is 4.79 Å². The number of methoxy groups -OCH3 is 1. The zero-order chi connectivity index (χ0) is 35.5. The van der Waals surface area contributed by atoms with Gasteiger partial charge in [-0.3, -0.25) is 4.79 Å². The first-order valence-corrected chi connectivity index (χ1v) is 19.2. The van der Waals surface area contributed by atoms with Crippen molar-refractivity contribution in [2.45, 2.75) is 110 Å². The number of amides is 1. The van der Waals surface area contributed by atoms with Crippen LogP contribution in [0.4, 0.5) is 0 Å².